The molecule has 2 heterocycles. The van der Waals surface area contributed by atoms with E-state index in [9.17, 15) is 4.79 Å². The molecule has 0 saturated heterocycles. The molecule has 0 aliphatic rings. The minimum absolute atomic E-state index is 0.223. The smallest absolute Gasteiger partial charge is 0.269 e. The number of nitrogens with one attached hydrogen (secondary N) is 1. The van der Waals surface area contributed by atoms with Gasteiger partial charge in [-0.25, -0.2) is 9.97 Å². The van der Waals surface area contributed by atoms with E-state index in [1.807, 2.05) is 60.7 Å². The average molecular weight is 399 g/mol. The first-order valence-electron chi connectivity index (χ1n) is 9.47. The maximum Gasteiger partial charge on any atom is 0.269 e. The largest absolute Gasteiger partial charge is 0.497 e. The van der Waals surface area contributed by atoms with Crippen LogP contribution in [0.5, 0.6) is 5.75 Å². The van der Waals surface area contributed by atoms with Crippen molar-refractivity contribution >= 4 is 5.91 Å². The fraction of sp³-hybridized carbons (Fsp3) is 0.130. The van der Waals surface area contributed by atoms with Crippen molar-refractivity contribution in [3.63, 3.8) is 0 Å². The number of benzene rings is 2. The molecule has 7 heteroatoms. The van der Waals surface area contributed by atoms with Crippen LogP contribution in [-0.2, 0) is 13.6 Å². The number of aromatic nitrogens is 4. The predicted octanol–water partition coefficient (Wildman–Crippen LogP) is 3.48. The van der Waals surface area contributed by atoms with Crippen LogP contribution in [0.1, 0.15) is 16.2 Å². The number of hydrogen-bond acceptors (Lipinski definition) is 5. The lowest BCUT2D eigenvalue weighted by Gasteiger charge is -2.06. The molecule has 30 heavy (non-hydrogen) atoms. The molecule has 2 aromatic heterocycles. The molecule has 0 fully saturated rings. The lowest BCUT2D eigenvalue weighted by molar-refractivity contribution is 0.0941. The summed E-state index contributed by atoms with van der Waals surface area (Å²) in [6.45, 7) is 0.293. The molecule has 2 aromatic carbocycles. The number of methoxy groups -OCH3 is 1. The second-order valence-corrected chi connectivity index (χ2v) is 6.71. The van der Waals surface area contributed by atoms with Crippen LogP contribution in [0.2, 0.25) is 0 Å². The van der Waals surface area contributed by atoms with Crippen LogP contribution in [0, 0.1) is 0 Å². The highest BCUT2D eigenvalue weighted by Crippen LogP contribution is 2.23. The predicted molar refractivity (Wildman–Crippen MR) is 114 cm³/mol. The first-order chi connectivity index (χ1) is 14.6. The van der Waals surface area contributed by atoms with Gasteiger partial charge in [0.05, 0.1) is 30.7 Å². The molecule has 0 unspecified atom stereocenters. The average Bonchev–Trinajstić information content (AvgIpc) is 3.20. The van der Waals surface area contributed by atoms with E-state index in [0.717, 1.165) is 28.3 Å². The summed E-state index contributed by atoms with van der Waals surface area (Å²) in [5.41, 5.74) is 4.59. The van der Waals surface area contributed by atoms with E-state index in [4.69, 9.17) is 4.74 Å². The van der Waals surface area contributed by atoms with Crippen LogP contribution in [0.3, 0.4) is 0 Å². The minimum atomic E-state index is -0.223. The Bertz CT molecular complexity index is 1170. The first kappa shape index (κ1) is 19.3. The van der Waals surface area contributed by atoms with Crippen LogP contribution in [0.15, 0.2) is 73.1 Å². The summed E-state index contributed by atoms with van der Waals surface area (Å²) >= 11 is 0. The Hall–Kier alpha value is -4.00. The van der Waals surface area contributed by atoms with E-state index in [1.54, 1.807) is 24.9 Å². The van der Waals surface area contributed by atoms with Crippen molar-refractivity contribution in [1.29, 1.82) is 0 Å². The van der Waals surface area contributed by atoms with Crippen LogP contribution < -0.4 is 10.1 Å². The Kier molecular flexibility index (Phi) is 5.52. The molecule has 1 N–H and O–H groups in total. The number of ether oxygens (including phenoxy) is 1. The zero-order valence-corrected chi connectivity index (χ0v) is 16.7. The quantitative estimate of drug-likeness (QED) is 0.537. The summed E-state index contributed by atoms with van der Waals surface area (Å²) in [6, 6.07) is 21.1. The standard InChI is InChI=1S/C23H21N5O2/c1-28-22(13-21(27-28)17-9-6-10-19(11-17)30-2)23(29)24-14-18-12-20(26-15-25-18)16-7-4-3-5-8-16/h3-13,15H,14H2,1-2H3,(H,24,29). The normalized spacial score (nSPS) is 10.6. The molecule has 0 spiro atoms. The van der Waals surface area contributed by atoms with Crippen molar-refractivity contribution in [2.75, 3.05) is 7.11 Å². The Balaban J connectivity index is 1.48. The van der Waals surface area contributed by atoms with Gasteiger partial charge < -0.3 is 10.1 Å². The zero-order chi connectivity index (χ0) is 20.9. The highest BCUT2D eigenvalue weighted by molar-refractivity contribution is 5.93. The van der Waals surface area contributed by atoms with Crippen molar-refractivity contribution in [2.24, 2.45) is 7.05 Å². The van der Waals surface area contributed by atoms with Gasteiger partial charge in [0.1, 0.15) is 17.8 Å². The zero-order valence-electron chi connectivity index (χ0n) is 16.7. The summed E-state index contributed by atoms with van der Waals surface area (Å²) in [6.07, 6.45) is 1.51. The fourth-order valence-corrected chi connectivity index (χ4v) is 3.13. The Morgan fingerprint density at radius 3 is 2.57 bits per heavy atom. The number of hydrogen-bond donors (Lipinski definition) is 1. The van der Waals surface area contributed by atoms with Crippen molar-refractivity contribution in [2.45, 2.75) is 6.54 Å². The number of carbonyl (C=O) groups is 1. The van der Waals surface area contributed by atoms with Gasteiger partial charge in [0.15, 0.2) is 0 Å². The van der Waals surface area contributed by atoms with Crippen molar-refractivity contribution < 1.29 is 9.53 Å². The van der Waals surface area contributed by atoms with Gasteiger partial charge >= 0.3 is 0 Å². The van der Waals surface area contributed by atoms with E-state index >= 15 is 0 Å². The molecular weight excluding hydrogens is 378 g/mol. The van der Waals surface area contributed by atoms with E-state index in [0.29, 0.717) is 17.9 Å². The third-order valence-electron chi connectivity index (χ3n) is 4.70. The molecule has 0 saturated carbocycles. The van der Waals surface area contributed by atoms with Gasteiger partial charge in [-0.05, 0) is 24.3 Å². The molecule has 0 aliphatic carbocycles. The molecule has 0 aliphatic heterocycles. The topological polar surface area (TPSA) is 81.9 Å². The Morgan fingerprint density at radius 2 is 1.77 bits per heavy atom. The number of amides is 1. The SMILES string of the molecule is COc1cccc(-c2cc(C(=O)NCc3cc(-c4ccccc4)ncn3)n(C)n2)c1. The van der Waals surface area contributed by atoms with Crippen LogP contribution in [0.25, 0.3) is 22.5 Å². The number of nitrogens with zero attached hydrogens (tertiary/aromatic N) is 4. The molecule has 4 rings (SSSR count). The van der Waals surface area contributed by atoms with Crippen molar-refractivity contribution in [3.05, 3.63) is 84.4 Å². The van der Waals surface area contributed by atoms with E-state index < -0.39 is 0 Å². The summed E-state index contributed by atoms with van der Waals surface area (Å²) < 4.78 is 6.83. The monoisotopic (exact) mass is 399 g/mol. The second-order valence-electron chi connectivity index (χ2n) is 6.71. The highest BCUT2D eigenvalue weighted by Gasteiger charge is 2.15. The molecule has 0 bridgehead atoms. The highest BCUT2D eigenvalue weighted by atomic mass is 16.5. The van der Waals surface area contributed by atoms with Crippen LogP contribution in [0.4, 0.5) is 0 Å². The summed E-state index contributed by atoms with van der Waals surface area (Å²) in [5.74, 6) is 0.515. The summed E-state index contributed by atoms with van der Waals surface area (Å²) in [5, 5.41) is 7.37. The van der Waals surface area contributed by atoms with Gasteiger partial charge in [-0.15, -0.1) is 0 Å². The number of rotatable bonds is 6. The molecule has 7 nitrogen and oxygen atoms in total. The van der Waals surface area contributed by atoms with Gasteiger partial charge in [0.2, 0.25) is 0 Å². The lowest BCUT2D eigenvalue weighted by atomic mass is 10.1. The van der Waals surface area contributed by atoms with Crippen molar-refractivity contribution in [3.8, 4) is 28.3 Å². The lowest BCUT2D eigenvalue weighted by Crippen LogP contribution is -2.25. The molecule has 1 amide bonds. The van der Waals surface area contributed by atoms with E-state index in [-0.39, 0.29) is 5.91 Å². The molecule has 0 atom stereocenters. The molecular formula is C23H21N5O2. The molecule has 4 aromatic rings. The van der Waals surface area contributed by atoms with Crippen LogP contribution >= 0.6 is 0 Å². The first-order valence-corrected chi connectivity index (χ1v) is 9.47. The Labute approximate surface area is 174 Å². The number of carbonyl (C=O) groups excluding carboxylic acids is 1. The van der Waals surface area contributed by atoms with Gasteiger partial charge in [-0.3, -0.25) is 9.48 Å². The molecule has 150 valence electrons. The van der Waals surface area contributed by atoms with Crippen LogP contribution in [-0.4, -0.2) is 32.8 Å². The van der Waals surface area contributed by atoms with Gasteiger partial charge in [0.25, 0.3) is 5.91 Å². The fourth-order valence-electron chi connectivity index (χ4n) is 3.13. The minimum Gasteiger partial charge on any atom is -0.497 e. The van der Waals surface area contributed by atoms with E-state index in [1.165, 1.54) is 6.33 Å². The maximum absolute atomic E-state index is 12.7. The Morgan fingerprint density at radius 1 is 0.967 bits per heavy atom. The van der Waals surface area contributed by atoms with E-state index in [2.05, 4.69) is 20.4 Å². The third kappa shape index (κ3) is 4.20. The summed E-state index contributed by atoms with van der Waals surface area (Å²) in [7, 11) is 3.36. The third-order valence-corrected chi connectivity index (χ3v) is 4.70. The van der Waals surface area contributed by atoms with Gasteiger partial charge in [-0.2, -0.15) is 5.10 Å². The number of aryl methyl sites for hydroxylation is 1. The molecule has 0 radical (unpaired) electrons. The maximum atomic E-state index is 12.7. The van der Waals surface area contributed by atoms with Gasteiger partial charge in [0, 0.05) is 18.2 Å². The van der Waals surface area contributed by atoms with Crippen molar-refractivity contribution in [1.82, 2.24) is 25.1 Å². The van der Waals surface area contributed by atoms with Gasteiger partial charge in [-0.1, -0.05) is 42.5 Å². The summed E-state index contributed by atoms with van der Waals surface area (Å²) in [4.78, 5) is 21.3. The second kappa shape index (κ2) is 8.57.